The van der Waals surface area contributed by atoms with Crippen LogP contribution in [0.1, 0.15) is 29.2 Å². The molecule has 0 aliphatic heterocycles. The first-order valence-electron chi connectivity index (χ1n) is 10.6. The minimum atomic E-state index is 0.260. The molecule has 0 aromatic heterocycles. The standard InChI is InChI=1S/C26H26ClN3O4/c1-4-33-25-13-21(16-30-29-15-19-8-9-23(31-2)24(12-19)32-3)11-22(27)26(25)34-17-20-7-5-6-18(10-20)14-28/h5-13,16,29H,4,15,17H2,1-3H3/b30-16-. The first-order valence-corrected chi connectivity index (χ1v) is 11.0. The number of hydrazone groups is 1. The predicted molar refractivity (Wildman–Crippen MR) is 132 cm³/mol. The zero-order valence-electron chi connectivity index (χ0n) is 19.3. The van der Waals surface area contributed by atoms with Gasteiger partial charge in [-0.3, -0.25) is 0 Å². The average molecular weight is 480 g/mol. The summed E-state index contributed by atoms with van der Waals surface area (Å²) in [5.41, 5.74) is 6.20. The molecule has 7 nitrogen and oxygen atoms in total. The summed E-state index contributed by atoms with van der Waals surface area (Å²) in [4.78, 5) is 0. The van der Waals surface area contributed by atoms with Gasteiger partial charge in [0.05, 0.1) is 50.2 Å². The number of halogens is 1. The van der Waals surface area contributed by atoms with E-state index < -0.39 is 0 Å². The monoisotopic (exact) mass is 479 g/mol. The molecule has 0 spiro atoms. The molecule has 3 aromatic rings. The second-order valence-electron chi connectivity index (χ2n) is 7.15. The lowest BCUT2D eigenvalue weighted by Crippen LogP contribution is -2.06. The van der Waals surface area contributed by atoms with Crippen LogP contribution in [0, 0.1) is 11.3 Å². The van der Waals surface area contributed by atoms with Crippen LogP contribution < -0.4 is 24.4 Å². The molecule has 0 bridgehead atoms. The van der Waals surface area contributed by atoms with Gasteiger partial charge in [-0.1, -0.05) is 29.8 Å². The van der Waals surface area contributed by atoms with Gasteiger partial charge >= 0.3 is 0 Å². The second kappa shape index (κ2) is 12.4. The molecule has 8 heteroatoms. The smallest absolute Gasteiger partial charge is 0.180 e. The summed E-state index contributed by atoms with van der Waals surface area (Å²) in [6.45, 7) is 3.11. The van der Waals surface area contributed by atoms with Gasteiger partial charge in [0, 0.05) is 0 Å². The Morgan fingerprint density at radius 1 is 0.971 bits per heavy atom. The van der Waals surface area contributed by atoms with Crippen LogP contribution in [0.25, 0.3) is 0 Å². The molecule has 0 aliphatic rings. The number of nitrogens with one attached hydrogen (secondary N) is 1. The second-order valence-corrected chi connectivity index (χ2v) is 7.55. The van der Waals surface area contributed by atoms with Gasteiger partial charge in [0.1, 0.15) is 6.61 Å². The van der Waals surface area contributed by atoms with Gasteiger partial charge in [0.15, 0.2) is 23.0 Å². The first kappa shape index (κ1) is 24.7. The minimum Gasteiger partial charge on any atom is -0.493 e. The molecule has 0 saturated carbocycles. The molecule has 0 atom stereocenters. The van der Waals surface area contributed by atoms with Crippen LogP contribution >= 0.6 is 11.6 Å². The van der Waals surface area contributed by atoms with Crippen molar-refractivity contribution < 1.29 is 18.9 Å². The maximum Gasteiger partial charge on any atom is 0.180 e. The van der Waals surface area contributed by atoms with Gasteiger partial charge in [-0.25, -0.2) is 0 Å². The Kier molecular flexibility index (Phi) is 9.01. The van der Waals surface area contributed by atoms with Crippen LogP contribution in [0.3, 0.4) is 0 Å². The molecule has 176 valence electrons. The molecule has 3 rings (SSSR count). The molecular formula is C26H26ClN3O4. The van der Waals surface area contributed by atoms with E-state index in [-0.39, 0.29) is 6.61 Å². The number of benzene rings is 3. The number of rotatable bonds is 11. The highest BCUT2D eigenvalue weighted by molar-refractivity contribution is 6.32. The van der Waals surface area contributed by atoms with Crippen LogP contribution in [-0.2, 0) is 13.2 Å². The Morgan fingerprint density at radius 3 is 2.53 bits per heavy atom. The zero-order chi connectivity index (χ0) is 24.3. The van der Waals surface area contributed by atoms with Gasteiger partial charge in [0.2, 0.25) is 0 Å². The Labute approximate surface area is 204 Å². The van der Waals surface area contributed by atoms with Crippen molar-refractivity contribution in [2.45, 2.75) is 20.1 Å². The number of nitriles is 1. The van der Waals surface area contributed by atoms with E-state index in [1.807, 2.05) is 43.3 Å². The highest BCUT2D eigenvalue weighted by Crippen LogP contribution is 2.37. The Balaban J connectivity index is 1.68. The third kappa shape index (κ3) is 6.56. The van der Waals surface area contributed by atoms with Crippen molar-refractivity contribution >= 4 is 17.8 Å². The van der Waals surface area contributed by atoms with Gasteiger partial charge in [0.25, 0.3) is 0 Å². The molecule has 0 fully saturated rings. The maximum absolute atomic E-state index is 9.07. The van der Waals surface area contributed by atoms with Crippen LogP contribution in [0.2, 0.25) is 5.02 Å². The van der Waals surface area contributed by atoms with Crippen molar-refractivity contribution in [2.24, 2.45) is 5.10 Å². The van der Waals surface area contributed by atoms with E-state index in [4.69, 9.17) is 35.8 Å². The van der Waals surface area contributed by atoms with Crippen molar-refractivity contribution in [3.63, 3.8) is 0 Å². The summed E-state index contributed by atoms with van der Waals surface area (Å²) in [5, 5.41) is 13.8. The Hall–Kier alpha value is -3.89. The van der Waals surface area contributed by atoms with E-state index in [1.165, 1.54) is 0 Å². The molecule has 3 aromatic carbocycles. The summed E-state index contributed by atoms with van der Waals surface area (Å²) >= 11 is 6.50. The molecule has 0 unspecified atom stereocenters. The van der Waals surface area contributed by atoms with Crippen LogP contribution in [0.4, 0.5) is 0 Å². The quantitative estimate of drug-likeness (QED) is 0.295. The summed E-state index contributed by atoms with van der Waals surface area (Å²) in [7, 11) is 3.20. The number of nitrogens with zero attached hydrogens (tertiary/aromatic N) is 2. The van der Waals surface area contributed by atoms with Crippen molar-refractivity contribution in [3.05, 3.63) is 81.9 Å². The van der Waals surface area contributed by atoms with E-state index >= 15 is 0 Å². The topological polar surface area (TPSA) is 85.1 Å². The molecule has 1 N–H and O–H groups in total. The van der Waals surface area contributed by atoms with Crippen LogP contribution in [0.5, 0.6) is 23.0 Å². The summed E-state index contributed by atoms with van der Waals surface area (Å²) < 4.78 is 22.3. The van der Waals surface area contributed by atoms with Gasteiger partial charge in [-0.15, -0.1) is 0 Å². The molecular weight excluding hydrogens is 454 g/mol. The molecule has 0 heterocycles. The lowest BCUT2D eigenvalue weighted by molar-refractivity contribution is 0.269. The summed E-state index contributed by atoms with van der Waals surface area (Å²) in [6, 6.07) is 18.6. The third-order valence-electron chi connectivity index (χ3n) is 4.81. The van der Waals surface area contributed by atoms with Crippen molar-refractivity contribution in [1.82, 2.24) is 5.43 Å². The lowest BCUT2D eigenvalue weighted by Gasteiger charge is -2.14. The fraction of sp³-hybridized carbons (Fsp3) is 0.231. The Morgan fingerprint density at radius 2 is 1.79 bits per heavy atom. The van der Waals surface area contributed by atoms with Crippen LogP contribution in [0.15, 0.2) is 59.7 Å². The minimum absolute atomic E-state index is 0.260. The van der Waals surface area contributed by atoms with E-state index in [2.05, 4.69) is 16.6 Å². The summed E-state index contributed by atoms with van der Waals surface area (Å²) in [6.07, 6.45) is 1.66. The molecule has 0 aliphatic carbocycles. The molecule has 0 radical (unpaired) electrons. The first-order chi connectivity index (χ1) is 16.6. The van der Waals surface area contributed by atoms with Crippen molar-refractivity contribution in [2.75, 3.05) is 20.8 Å². The zero-order valence-corrected chi connectivity index (χ0v) is 20.1. The van der Waals surface area contributed by atoms with Crippen molar-refractivity contribution in [3.8, 4) is 29.1 Å². The highest BCUT2D eigenvalue weighted by atomic mass is 35.5. The number of hydrogen-bond donors (Lipinski definition) is 1. The maximum atomic E-state index is 9.07. The van der Waals surface area contributed by atoms with E-state index in [0.29, 0.717) is 46.7 Å². The third-order valence-corrected chi connectivity index (χ3v) is 5.09. The normalized spacial score (nSPS) is 10.6. The van der Waals surface area contributed by atoms with E-state index in [0.717, 1.165) is 16.7 Å². The number of ether oxygens (including phenoxy) is 4. The fourth-order valence-electron chi connectivity index (χ4n) is 3.20. The van der Waals surface area contributed by atoms with E-state index in [1.54, 1.807) is 38.6 Å². The lowest BCUT2D eigenvalue weighted by atomic mass is 10.1. The van der Waals surface area contributed by atoms with Crippen LogP contribution in [-0.4, -0.2) is 27.0 Å². The molecule has 0 amide bonds. The SMILES string of the molecule is CCOc1cc(/C=N\NCc2ccc(OC)c(OC)c2)cc(Cl)c1OCc1cccc(C#N)c1. The predicted octanol–water partition coefficient (Wildman–Crippen LogP) is 5.33. The molecule has 34 heavy (non-hydrogen) atoms. The number of methoxy groups -OCH3 is 2. The van der Waals surface area contributed by atoms with E-state index in [9.17, 15) is 0 Å². The van der Waals surface area contributed by atoms with Crippen molar-refractivity contribution in [1.29, 1.82) is 5.26 Å². The Bertz CT molecular complexity index is 1190. The highest BCUT2D eigenvalue weighted by Gasteiger charge is 2.13. The van der Waals surface area contributed by atoms with Gasteiger partial charge < -0.3 is 24.4 Å². The number of hydrogen-bond acceptors (Lipinski definition) is 7. The summed E-state index contributed by atoms with van der Waals surface area (Å²) in [5.74, 6) is 2.30. The largest absolute Gasteiger partial charge is 0.493 e. The average Bonchev–Trinajstić information content (AvgIpc) is 2.86. The molecule has 0 saturated heterocycles. The fourth-order valence-corrected chi connectivity index (χ4v) is 3.47. The van der Waals surface area contributed by atoms with Gasteiger partial charge in [-0.05, 0) is 60.0 Å². The van der Waals surface area contributed by atoms with Gasteiger partial charge in [-0.2, -0.15) is 10.4 Å².